The number of amides is 6. The summed E-state index contributed by atoms with van der Waals surface area (Å²) in [5, 5.41) is 65.1. The summed E-state index contributed by atoms with van der Waals surface area (Å²) < 4.78 is 39.1. The largest absolute Gasteiger partial charge is 0.506 e. The summed E-state index contributed by atoms with van der Waals surface area (Å²) >= 11 is 4.39. The van der Waals surface area contributed by atoms with Crippen molar-refractivity contribution in [3.63, 3.8) is 0 Å². The number of allylic oxidation sites excluding steroid dienone is 1. The molecule has 103 heavy (non-hydrogen) atoms. The van der Waals surface area contributed by atoms with Gasteiger partial charge in [0.15, 0.2) is 18.1 Å². The van der Waals surface area contributed by atoms with Crippen LogP contribution in [0.25, 0.3) is 49.3 Å². The number of cyclic esters (lactones) is 2. The van der Waals surface area contributed by atoms with Crippen LogP contribution in [0, 0.1) is 0 Å². The first-order chi connectivity index (χ1) is 49.1. The number of aromatic hydroxyl groups is 1. The van der Waals surface area contributed by atoms with Crippen molar-refractivity contribution in [2.45, 2.75) is 114 Å². The second-order valence-electron chi connectivity index (χ2n) is 24.3. The number of thiazole rings is 5. The molecular formula is C64H64N14O20S5. The average Bonchev–Trinajstić information content (AvgIpc) is 1.63. The average molecular weight is 1510 g/mol. The molecule has 1 unspecified atom stereocenters. The van der Waals surface area contributed by atoms with Gasteiger partial charge < -0.3 is 90.9 Å². The van der Waals surface area contributed by atoms with E-state index >= 15 is 19.2 Å². The fourth-order valence-electron chi connectivity index (χ4n) is 12.1. The molecule has 11 heterocycles. The Hall–Kier alpha value is -10.1. The number of methoxy groups -OCH3 is 1. The molecule has 540 valence electrons. The van der Waals surface area contributed by atoms with Crippen LogP contribution in [0.3, 0.4) is 0 Å². The summed E-state index contributed by atoms with van der Waals surface area (Å²) in [4.78, 5) is 163. The Morgan fingerprint density at radius 3 is 2.24 bits per heavy atom. The smallest absolute Gasteiger partial charge is 0.358 e. The lowest BCUT2D eigenvalue weighted by Gasteiger charge is -2.48. The first-order valence-electron chi connectivity index (χ1n) is 31.2. The normalized spacial score (nSPS) is 23.4. The highest BCUT2D eigenvalue weighted by molar-refractivity contribution is 7.14. The van der Waals surface area contributed by atoms with Crippen LogP contribution < -0.4 is 37.2 Å². The summed E-state index contributed by atoms with van der Waals surface area (Å²) in [6.45, 7) is 7.04. The molecule has 1 fully saturated rings. The number of likely N-dealkylation sites (N-methyl/N-ethyl adjacent to an activating group) is 1. The third-order valence-corrected chi connectivity index (χ3v) is 21.3. The molecule has 8 aromatic rings. The summed E-state index contributed by atoms with van der Waals surface area (Å²) in [7, 11) is 4.81. The number of aliphatic hydroxyl groups is 2. The number of hydrogen-bond acceptors (Lipinski definition) is 31. The number of carboxylic acid groups (broad SMARTS) is 1. The van der Waals surface area contributed by atoms with Gasteiger partial charge in [0, 0.05) is 49.8 Å². The highest BCUT2D eigenvalue weighted by Crippen LogP contribution is 2.43. The summed E-state index contributed by atoms with van der Waals surface area (Å²) in [5.41, 5.74) is 2.01. The Bertz CT molecular complexity index is 4780. The Morgan fingerprint density at radius 2 is 1.53 bits per heavy atom. The van der Waals surface area contributed by atoms with Crippen LogP contribution in [0.15, 0.2) is 69.2 Å². The van der Waals surface area contributed by atoms with E-state index < -0.39 is 158 Å². The number of rotatable bonds is 13. The summed E-state index contributed by atoms with van der Waals surface area (Å²) in [6, 6.07) is 0.572. The third kappa shape index (κ3) is 15.0. The van der Waals surface area contributed by atoms with Gasteiger partial charge in [-0.3, -0.25) is 33.6 Å². The predicted molar refractivity (Wildman–Crippen MR) is 367 cm³/mol. The Kier molecular flexibility index (Phi) is 21.0. The molecule has 6 amide bonds. The Balaban J connectivity index is 1.06. The van der Waals surface area contributed by atoms with E-state index in [0.717, 1.165) is 61.4 Å². The van der Waals surface area contributed by atoms with Gasteiger partial charge in [0.1, 0.15) is 126 Å². The molecule has 0 radical (unpaired) electrons. The highest BCUT2D eigenvalue weighted by Gasteiger charge is 2.50. The van der Waals surface area contributed by atoms with Crippen molar-refractivity contribution in [3.05, 3.63) is 124 Å². The topological polar surface area (TPSA) is 471 Å². The maximum Gasteiger partial charge on any atom is 0.358 e. The van der Waals surface area contributed by atoms with Crippen molar-refractivity contribution >= 4 is 127 Å². The van der Waals surface area contributed by atoms with Crippen LogP contribution in [0.1, 0.15) is 131 Å². The molecule has 11 N–H and O–H groups in total. The number of aliphatic hydroxyl groups excluding tert-OH is 1. The fraction of sp³-hybridized carbons (Fsp3) is 0.359. The van der Waals surface area contributed by atoms with Gasteiger partial charge in [-0.1, -0.05) is 18.7 Å². The maximum absolute atomic E-state index is 15.5. The molecule has 1 saturated heterocycles. The van der Waals surface area contributed by atoms with Crippen LogP contribution in [-0.2, 0) is 60.8 Å². The van der Waals surface area contributed by atoms with E-state index in [1.54, 1.807) is 51.0 Å². The molecule has 34 nitrogen and oxygen atoms in total. The standard InChI is InChI=1S/C64H64N14O20S5/c1-24(51(65)83)66-52(84)33-21-102-60(71-33)45-38(80)14-29-44(73-45)32-19-100-58(68-32)31-18-95-62(89)47-30-17-93-48(49(98-40-15-64(5,91)50(77(6)7)27(4)97-40)63(90)94-16-28-10-9-11-37(41(28)30)78(47)96-13-12-39(81)82)46(61-72-34(22-103-61)53(85)67-31)76-55(87)36-23-101-59(70-36)43(26(3)92-8)75-56(88)42(25(2)79)74-54(86)35-20-99-57(29)69-35/h9-11,14,19-23,25,27,31,40,42,46,48-50,79-80,91H,1,12-13,15-18H2,2-8H3,(H2,65,83)(H,66,84)(H,67,85)(H,74,86)(H,75,88)(H,76,87)(H,81,82)/b43-26+/t25-,27+,31+,40+,42+,46+,48+,49+,50?,64+/m1/s1. The van der Waals surface area contributed by atoms with Gasteiger partial charge in [-0.05, 0) is 59.5 Å². The van der Waals surface area contributed by atoms with Crippen LogP contribution in [-0.4, -0.2) is 196 Å². The molecule has 12 rings (SSSR count). The van der Waals surface area contributed by atoms with E-state index in [2.05, 4.69) is 48.1 Å². The van der Waals surface area contributed by atoms with E-state index in [-0.39, 0.29) is 116 Å². The molecule has 7 aromatic heterocycles. The number of ether oxygens (including phenoxy) is 6. The number of nitrogens with zero attached hydrogens (tertiary/aromatic N) is 8. The van der Waals surface area contributed by atoms with Gasteiger partial charge in [0.05, 0.1) is 55.2 Å². The minimum atomic E-state index is -1.96. The van der Waals surface area contributed by atoms with E-state index in [1.165, 1.54) is 53.9 Å². The number of nitrogens with one attached hydrogen (secondary N) is 5. The second-order valence-corrected chi connectivity index (χ2v) is 28.6. The third-order valence-electron chi connectivity index (χ3n) is 16.8. The number of pyridine rings is 1. The van der Waals surface area contributed by atoms with E-state index in [0.29, 0.717) is 0 Å². The van der Waals surface area contributed by atoms with Crippen molar-refractivity contribution < 1.29 is 96.8 Å². The molecular weight excluding hydrogens is 1450 g/mol. The number of benzene rings is 1. The number of carbonyl (C=O) groups excluding carboxylic acids is 8. The molecule has 4 aliphatic heterocycles. The van der Waals surface area contributed by atoms with Gasteiger partial charge in [-0.15, -0.1) is 56.7 Å². The number of esters is 2. The lowest BCUT2D eigenvalue weighted by molar-refractivity contribution is -0.280. The molecule has 39 heteroatoms. The van der Waals surface area contributed by atoms with Gasteiger partial charge in [0.25, 0.3) is 29.5 Å². The predicted octanol–water partition coefficient (Wildman–Crippen LogP) is 3.56. The summed E-state index contributed by atoms with van der Waals surface area (Å²) in [5.74, 6) is -9.67. The Labute approximate surface area is 602 Å². The van der Waals surface area contributed by atoms with Crippen molar-refractivity contribution in [2.24, 2.45) is 5.73 Å². The quantitative estimate of drug-likeness (QED) is 0.0448. The minimum absolute atomic E-state index is 0.0170. The lowest BCUT2D eigenvalue weighted by Crippen LogP contribution is -2.62. The summed E-state index contributed by atoms with van der Waals surface area (Å²) in [6.07, 6.45) is -8.30. The second kappa shape index (κ2) is 29.7. The number of hydrogen-bond donors (Lipinski definition) is 10. The van der Waals surface area contributed by atoms with Gasteiger partial charge >= 0.3 is 17.9 Å². The van der Waals surface area contributed by atoms with Gasteiger partial charge in [-0.2, -0.15) is 4.73 Å². The molecule has 12 bridgehead atoms. The molecule has 1 aromatic carbocycles. The molecule has 4 aliphatic rings. The number of fused-ring (bicyclic) bond motifs is 15. The zero-order chi connectivity index (χ0) is 73.6. The monoisotopic (exact) mass is 1510 g/mol. The lowest BCUT2D eigenvalue weighted by atomic mass is 9.85. The first kappa shape index (κ1) is 72.7. The Morgan fingerprint density at radius 1 is 0.864 bits per heavy atom. The number of aliphatic carboxylic acids is 1. The van der Waals surface area contributed by atoms with Crippen LogP contribution in [0.5, 0.6) is 5.75 Å². The molecule has 0 saturated carbocycles. The molecule has 0 aliphatic carbocycles. The highest BCUT2D eigenvalue weighted by atomic mass is 32.1. The van der Waals surface area contributed by atoms with Crippen molar-refractivity contribution in [2.75, 3.05) is 34.4 Å². The number of carboxylic acids is 1. The van der Waals surface area contributed by atoms with Crippen molar-refractivity contribution in [1.29, 1.82) is 0 Å². The number of carbonyl (C=O) groups is 9. The van der Waals surface area contributed by atoms with E-state index in [1.807, 2.05) is 0 Å². The number of aromatic nitrogens is 7. The van der Waals surface area contributed by atoms with E-state index in [4.69, 9.17) is 53.9 Å². The van der Waals surface area contributed by atoms with Gasteiger partial charge in [0.2, 0.25) is 5.91 Å². The van der Waals surface area contributed by atoms with Crippen molar-refractivity contribution in [1.82, 2.24) is 66.1 Å². The SMILES string of the molecule is C=C(NC(=O)c1csc(-c2nc3c(cc2O)-c2nc(cs2)C(=O)N[C@@H]([C@@H](C)O)C(=O)N/C(=C(\C)OC)c2nc(cs2)C(=O)N[C@@H]2c4nc(cs4)C(=O)N[C@@H](COC(=O)c4c5c6c(cccc6n4OCCC(=O)O)COC(=O)[C@@H](O[C@H]4C[C@](C)(O)C(N(C)C)[C@H](C)O4)[C@H]2OC5)c2nc-3cs2)n1)C(N)=O. The minimum Gasteiger partial charge on any atom is -0.506 e. The van der Waals surface area contributed by atoms with E-state index in [9.17, 15) is 44.4 Å². The van der Waals surface area contributed by atoms with Crippen LogP contribution in [0.2, 0.25) is 0 Å². The zero-order valence-electron chi connectivity index (χ0n) is 55.4. The van der Waals surface area contributed by atoms with Crippen molar-refractivity contribution in [3.8, 4) is 38.4 Å². The molecule has 10 atom stereocenters. The molecule has 0 spiro atoms. The zero-order valence-corrected chi connectivity index (χ0v) is 59.4. The maximum atomic E-state index is 15.5. The van der Waals surface area contributed by atoms with Crippen LogP contribution >= 0.6 is 56.7 Å². The first-order valence-corrected chi connectivity index (χ1v) is 35.6. The van der Waals surface area contributed by atoms with Crippen LogP contribution in [0.4, 0.5) is 0 Å². The fourth-order valence-corrected chi connectivity index (χ4v) is 16.3. The van der Waals surface area contributed by atoms with Gasteiger partial charge in [-0.25, -0.2) is 39.5 Å². The number of nitrogens with two attached hydrogens (primary N) is 1. The number of primary amides is 1.